The Balaban J connectivity index is 1.70. The van der Waals surface area contributed by atoms with E-state index in [1.54, 1.807) is 24.3 Å². The van der Waals surface area contributed by atoms with Crippen molar-refractivity contribution in [3.63, 3.8) is 0 Å². The van der Waals surface area contributed by atoms with E-state index >= 15 is 0 Å². The average molecular weight is 304 g/mol. The summed E-state index contributed by atoms with van der Waals surface area (Å²) in [6.07, 6.45) is 6.56. The Morgan fingerprint density at radius 3 is 2.27 bits per heavy atom. The highest BCUT2D eigenvalue weighted by atomic mass is 16.3. The molecule has 1 heterocycles. The molecule has 1 N–H and O–H groups in total. The van der Waals surface area contributed by atoms with Gasteiger partial charge in [-0.25, -0.2) is 0 Å². The number of carbonyl (C=O) groups excluding carboxylic acids is 1. The molecule has 0 aromatic heterocycles. The fourth-order valence-electron chi connectivity index (χ4n) is 2.90. The van der Waals surface area contributed by atoms with Gasteiger partial charge < -0.3 is 10.0 Å². The molecular weight excluding hydrogens is 276 g/mol. The van der Waals surface area contributed by atoms with Gasteiger partial charge in [-0.05, 0) is 37.2 Å². The van der Waals surface area contributed by atoms with Crippen LogP contribution in [-0.2, 0) is 0 Å². The van der Waals surface area contributed by atoms with E-state index < -0.39 is 0 Å². The van der Waals surface area contributed by atoms with Crippen molar-refractivity contribution in [1.82, 2.24) is 9.80 Å². The SMILES string of the molecule is CCCCCCCN1CCN(C(=O)c2ccc(O)cc2)CC1. The van der Waals surface area contributed by atoms with Crippen molar-refractivity contribution in [1.29, 1.82) is 0 Å². The van der Waals surface area contributed by atoms with Crippen LogP contribution in [0, 0.1) is 0 Å². The van der Waals surface area contributed by atoms with Crippen molar-refractivity contribution in [2.24, 2.45) is 0 Å². The van der Waals surface area contributed by atoms with Crippen molar-refractivity contribution >= 4 is 5.91 Å². The van der Waals surface area contributed by atoms with Crippen molar-refractivity contribution in [3.05, 3.63) is 29.8 Å². The number of phenolic OH excluding ortho intramolecular Hbond substituents is 1. The summed E-state index contributed by atoms with van der Waals surface area (Å²) in [5.74, 6) is 0.270. The van der Waals surface area contributed by atoms with Gasteiger partial charge in [0.25, 0.3) is 5.91 Å². The Bertz CT molecular complexity index is 451. The molecule has 1 fully saturated rings. The minimum absolute atomic E-state index is 0.0718. The molecule has 0 spiro atoms. The number of nitrogens with zero attached hydrogens (tertiary/aromatic N) is 2. The number of piperazine rings is 1. The highest BCUT2D eigenvalue weighted by Crippen LogP contribution is 2.13. The zero-order chi connectivity index (χ0) is 15.8. The van der Waals surface area contributed by atoms with Gasteiger partial charge in [-0.15, -0.1) is 0 Å². The first-order valence-electron chi connectivity index (χ1n) is 8.51. The quantitative estimate of drug-likeness (QED) is 0.787. The van der Waals surface area contributed by atoms with Crippen molar-refractivity contribution in [2.45, 2.75) is 39.0 Å². The van der Waals surface area contributed by atoms with Gasteiger partial charge in [0, 0.05) is 31.7 Å². The van der Waals surface area contributed by atoms with Crippen LogP contribution in [0.1, 0.15) is 49.4 Å². The molecule has 22 heavy (non-hydrogen) atoms. The molecule has 0 unspecified atom stereocenters. The maximum atomic E-state index is 12.4. The van der Waals surface area contributed by atoms with Crippen LogP contribution in [0.15, 0.2) is 24.3 Å². The number of unbranched alkanes of at least 4 members (excludes halogenated alkanes) is 4. The Labute approximate surface area is 133 Å². The van der Waals surface area contributed by atoms with Crippen LogP contribution in [0.4, 0.5) is 0 Å². The fraction of sp³-hybridized carbons (Fsp3) is 0.611. The average Bonchev–Trinajstić information content (AvgIpc) is 2.55. The lowest BCUT2D eigenvalue weighted by atomic mass is 10.1. The van der Waals surface area contributed by atoms with E-state index in [1.165, 1.54) is 32.1 Å². The van der Waals surface area contributed by atoms with E-state index in [0.29, 0.717) is 5.56 Å². The molecule has 1 aliphatic heterocycles. The summed E-state index contributed by atoms with van der Waals surface area (Å²) >= 11 is 0. The summed E-state index contributed by atoms with van der Waals surface area (Å²) in [4.78, 5) is 16.8. The number of hydrogen-bond acceptors (Lipinski definition) is 3. The molecular formula is C18H28N2O2. The van der Waals surface area contributed by atoms with Gasteiger partial charge in [0.15, 0.2) is 0 Å². The summed E-state index contributed by atoms with van der Waals surface area (Å²) in [5, 5.41) is 9.29. The first kappa shape index (κ1) is 16.8. The number of hydrogen-bond donors (Lipinski definition) is 1. The van der Waals surface area contributed by atoms with Crippen LogP contribution in [0.2, 0.25) is 0 Å². The van der Waals surface area contributed by atoms with Crippen LogP contribution in [0.3, 0.4) is 0 Å². The normalized spacial score (nSPS) is 16.0. The van der Waals surface area contributed by atoms with E-state index in [1.807, 2.05) is 4.90 Å². The number of benzene rings is 1. The van der Waals surface area contributed by atoms with Crippen LogP contribution >= 0.6 is 0 Å². The molecule has 1 aromatic carbocycles. The highest BCUT2D eigenvalue weighted by Gasteiger charge is 2.21. The molecule has 4 nitrogen and oxygen atoms in total. The maximum Gasteiger partial charge on any atom is 0.253 e. The van der Waals surface area contributed by atoms with Gasteiger partial charge in [-0.2, -0.15) is 0 Å². The standard InChI is InChI=1S/C18H28N2O2/c1-2-3-4-5-6-11-19-12-14-20(15-13-19)18(22)16-7-9-17(21)10-8-16/h7-10,21H,2-6,11-15H2,1H3. The second kappa shape index (κ2) is 8.79. The van der Waals surface area contributed by atoms with Crippen LogP contribution in [0.5, 0.6) is 5.75 Å². The van der Waals surface area contributed by atoms with Gasteiger partial charge in [0.1, 0.15) is 5.75 Å². The molecule has 1 aliphatic rings. The minimum Gasteiger partial charge on any atom is -0.508 e. The molecule has 2 rings (SSSR count). The topological polar surface area (TPSA) is 43.8 Å². The molecule has 0 saturated carbocycles. The van der Waals surface area contributed by atoms with Gasteiger partial charge >= 0.3 is 0 Å². The Morgan fingerprint density at radius 1 is 1.00 bits per heavy atom. The third-order valence-electron chi connectivity index (χ3n) is 4.35. The largest absolute Gasteiger partial charge is 0.508 e. The summed E-state index contributed by atoms with van der Waals surface area (Å²) < 4.78 is 0. The Hall–Kier alpha value is -1.55. The predicted molar refractivity (Wildman–Crippen MR) is 89.2 cm³/mol. The molecule has 0 bridgehead atoms. The zero-order valence-corrected chi connectivity index (χ0v) is 13.6. The van der Waals surface area contributed by atoms with E-state index in [0.717, 1.165) is 32.7 Å². The van der Waals surface area contributed by atoms with Gasteiger partial charge in [0.05, 0.1) is 0 Å². The molecule has 0 radical (unpaired) electrons. The molecule has 1 saturated heterocycles. The Morgan fingerprint density at radius 2 is 1.64 bits per heavy atom. The number of rotatable bonds is 7. The van der Waals surface area contributed by atoms with E-state index in [9.17, 15) is 9.90 Å². The van der Waals surface area contributed by atoms with Crippen molar-refractivity contribution in [3.8, 4) is 5.75 Å². The van der Waals surface area contributed by atoms with Crippen LogP contribution < -0.4 is 0 Å². The lowest BCUT2D eigenvalue weighted by Crippen LogP contribution is -2.48. The molecule has 1 aromatic rings. The van der Waals surface area contributed by atoms with E-state index in [4.69, 9.17) is 0 Å². The minimum atomic E-state index is 0.0718. The smallest absolute Gasteiger partial charge is 0.253 e. The summed E-state index contributed by atoms with van der Waals surface area (Å²) in [7, 11) is 0. The molecule has 0 aliphatic carbocycles. The first-order chi connectivity index (χ1) is 10.7. The lowest BCUT2D eigenvalue weighted by molar-refractivity contribution is 0.0635. The first-order valence-corrected chi connectivity index (χ1v) is 8.51. The second-order valence-corrected chi connectivity index (χ2v) is 6.09. The molecule has 1 amide bonds. The maximum absolute atomic E-state index is 12.4. The molecule has 4 heteroatoms. The number of carbonyl (C=O) groups is 1. The van der Waals surface area contributed by atoms with E-state index in [2.05, 4.69) is 11.8 Å². The molecule has 122 valence electrons. The molecule has 0 atom stereocenters. The predicted octanol–water partition coefficient (Wildman–Crippen LogP) is 3.12. The van der Waals surface area contributed by atoms with Crippen molar-refractivity contribution < 1.29 is 9.90 Å². The third-order valence-corrected chi connectivity index (χ3v) is 4.35. The summed E-state index contributed by atoms with van der Waals surface area (Å²) in [5.41, 5.74) is 0.658. The zero-order valence-electron chi connectivity index (χ0n) is 13.6. The number of aromatic hydroxyl groups is 1. The van der Waals surface area contributed by atoms with Crippen LogP contribution in [0.25, 0.3) is 0 Å². The number of phenols is 1. The second-order valence-electron chi connectivity index (χ2n) is 6.09. The monoisotopic (exact) mass is 304 g/mol. The van der Waals surface area contributed by atoms with Gasteiger partial charge in [-0.1, -0.05) is 32.6 Å². The van der Waals surface area contributed by atoms with Crippen molar-refractivity contribution in [2.75, 3.05) is 32.7 Å². The lowest BCUT2D eigenvalue weighted by Gasteiger charge is -2.34. The fourth-order valence-corrected chi connectivity index (χ4v) is 2.90. The number of amides is 1. The Kier molecular flexibility index (Phi) is 6.72. The van der Waals surface area contributed by atoms with Gasteiger partial charge in [-0.3, -0.25) is 9.69 Å². The highest BCUT2D eigenvalue weighted by molar-refractivity contribution is 5.94. The third kappa shape index (κ3) is 5.02. The summed E-state index contributed by atoms with van der Waals surface area (Å²) in [6, 6.07) is 6.52. The van der Waals surface area contributed by atoms with E-state index in [-0.39, 0.29) is 11.7 Å². The van der Waals surface area contributed by atoms with Gasteiger partial charge in [0.2, 0.25) is 0 Å². The summed E-state index contributed by atoms with van der Waals surface area (Å²) in [6.45, 7) is 6.94. The van der Waals surface area contributed by atoms with Crippen LogP contribution in [-0.4, -0.2) is 53.5 Å².